The molecule has 33 heavy (non-hydrogen) atoms. The molecule has 0 spiro atoms. The fourth-order valence-electron chi connectivity index (χ4n) is 3.78. The number of benzene rings is 2. The van der Waals surface area contributed by atoms with Gasteiger partial charge in [0.1, 0.15) is 0 Å². The van der Waals surface area contributed by atoms with Crippen LogP contribution in [0.1, 0.15) is 26.3 Å². The Bertz CT molecular complexity index is 1040. The monoisotopic (exact) mass is 465 g/mol. The Morgan fingerprint density at radius 1 is 1.00 bits per heavy atom. The molecule has 2 heterocycles. The molecular weight excluding hydrogens is 434 g/mol. The summed E-state index contributed by atoms with van der Waals surface area (Å²) in [6.45, 7) is 11.2. The first-order chi connectivity index (χ1) is 15.9. The molecule has 1 aromatic heterocycles. The van der Waals surface area contributed by atoms with E-state index in [0.29, 0.717) is 5.16 Å². The molecule has 1 saturated heterocycles. The highest BCUT2D eigenvalue weighted by molar-refractivity contribution is 7.99. The lowest BCUT2D eigenvalue weighted by Gasteiger charge is -2.36. The molecule has 0 bridgehead atoms. The molecule has 0 atom stereocenters. The second-order valence-corrected chi connectivity index (χ2v) is 10.1. The van der Waals surface area contributed by atoms with E-state index in [2.05, 4.69) is 73.1 Å². The van der Waals surface area contributed by atoms with Gasteiger partial charge >= 0.3 is 0 Å². The van der Waals surface area contributed by atoms with Crippen LogP contribution in [0, 0.1) is 0 Å². The van der Waals surface area contributed by atoms with Gasteiger partial charge in [-0.2, -0.15) is 0 Å². The van der Waals surface area contributed by atoms with Crippen LogP contribution in [0.25, 0.3) is 0 Å². The minimum Gasteiger partial charge on any atom is -0.369 e. The number of aromatic nitrogens is 4. The number of nitrogens with one attached hydrogen (secondary N) is 1. The second-order valence-electron chi connectivity index (χ2n) is 9.18. The van der Waals surface area contributed by atoms with Crippen LogP contribution < -0.4 is 10.2 Å². The summed E-state index contributed by atoms with van der Waals surface area (Å²) >= 11 is 1.34. The Morgan fingerprint density at radius 3 is 2.36 bits per heavy atom. The first-order valence-electron chi connectivity index (χ1n) is 11.2. The zero-order chi connectivity index (χ0) is 23.3. The molecule has 8 nitrogen and oxygen atoms in total. The van der Waals surface area contributed by atoms with Crippen LogP contribution in [-0.2, 0) is 16.9 Å². The topological polar surface area (TPSA) is 79.2 Å². The number of carbonyl (C=O) groups excluding carboxylic acids is 1. The van der Waals surface area contributed by atoms with Gasteiger partial charge in [-0.3, -0.25) is 9.69 Å². The zero-order valence-electron chi connectivity index (χ0n) is 19.4. The molecule has 2 aromatic carbocycles. The molecule has 1 aliphatic heterocycles. The van der Waals surface area contributed by atoms with Gasteiger partial charge in [-0.05, 0) is 61.0 Å². The molecule has 0 radical (unpaired) electrons. The van der Waals surface area contributed by atoms with E-state index in [9.17, 15) is 4.79 Å². The Morgan fingerprint density at radius 2 is 1.70 bits per heavy atom. The third kappa shape index (κ3) is 6.33. The zero-order valence-corrected chi connectivity index (χ0v) is 20.3. The van der Waals surface area contributed by atoms with Crippen LogP contribution in [0.5, 0.6) is 0 Å². The van der Waals surface area contributed by atoms with Crippen molar-refractivity contribution >= 4 is 29.0 Å². The van der Waals surface area contributed by atoms with E-state index in [1.165, 1.54) is 23.0 Å². The number of nitrogens with zero attached hydrogens (tertiary/aromatic N) is 6. The summed E-state index contributed by atoms with van der Waals surface area (Å²) < 4.78 is 1.74. The van der Waals surface area contributed by atoms with Gasteiger partial charge in [0.2, 0.25) is 11.1 Å². The average Bonchev–Trinajstić information content (AvgIpc) is 3.29. The summed E-state index contributed by atoms with van der Waals surface area (Å²) in [6.07, 6.45) is 0. The molecule has 4 rings (SSSR count). The largest absolute Gasteiger partial charge is 0.369 e. The average molecular weight is 466 g/mol. The number of tetrazole rings is 1. The number of piperazine rings is 1. The van der Waals surface area contributed by atoms with Gasteiger partial charge in [0, 0.05) is 44.1 Å². The summed E-state index contributed by atoms with van der Waals surface area (Å²) in [4.78, 5) is 17.3. The van der Waals surface area contributed by atoms with E-state index in [1.807, 2.05) is 32.9 Å². The van der Waals surface area contributed by atoms with Gasteiger partial charge in [-0.1, -0.05) is 42.1 Å². The molecule has 1 N–H and O–H groups in total. The van der Waals surface area contributed by atoms with Crippen molar-refractivity contribution in [3.63, 3.8) is 0 Å². The lowest BCUT2D eigenvalue weighted by atomic mass is 10.1. The highest BCUT2D eigenvalue weighted by atomic mass is 32.2. The summed E-state index contributed by atoms with van der Waals surface area (Å²) in [5, 5.41) is 15.4. The third-order valence-corrected chi connectivity index (χ3v) is 6.47. The molecule has 0 aliphatic carbocycles. The maximum Gasteiger partial charge on any atom is 0.234 e. The van der Waals surface area contributed by atoms with Gasteiger partial charge in [0.25, 0.3) is 0 Å². The standard InChI is InChI=1S/C24H31N7OS/c1-24(2,3)31-23(26-27-28-31)33-18-22(32)25-20-9-11-21(12-10-20)30-15-13-29(14-16-30)17-19-7-5-4-6-8-19/h4-12H,13-18H2,1-3H3,(H,25,32). The Hall–Kier alpha value is -2.91. The van der Waals surface area contributed by atoms with Crippen LogP contribution >= 0.6 is 11.8 Å². The number of hydrogen-bond acceptors (Lipinski definition) is 7. The first-order valence-corrected chi connectivity index (χ1v) is 12.2. The highest BCUT2D eigenvalue weighted by Gasteiger charge is 2.21. The SMILES string of the molecule is CC(C)(C)n1nnnc1SCC(=O)Nc1ccc(N2CCN(Cc3ccccc3)CC2)cc1. The number of carbonyl (C=O) groups is 1. The normalized spacial score (nSPS) is 14.9. The van der Waals surface area contributed by atoms with Gasteiger partial charge in [-0.25, -0.2) is 4.68 Å². The maximum atomic E-state index is 12.4. The van der Waals surface area contributed by atoms with Crippen molar-refractivity contribution in [2.24, 2.45) is 0 Å². The van der Waals surface area contributed by atoms with Crippen molar-refractivity contribution in [3.8, 4) is 0 Å². The molecule has 1 amide bonds. The number of anilines is 2. The van der Waals surface area contributed by atoms with Crippen LogP contribution in [0.2, 0.25) is 0 Å². The van der Waals surface area contributed by atoms with Crippen LogP contribution in [0.15, 0.2) is 59.8 Å². The van der Waals surface area contributed by atoms with E-state index in [1.54, 1.807) is 4.68 Å². The Kier molecular flexibility index (Phi) is 7.29. The molecule has 0 saturated carbocycles. The van der Waals surface area contributed by atoms with Gasteiger partial charge in [0.15, 0.2) is 0 Å². The predicted molar refractivity (Wildman–Crippen MR) is 133 cm³/mol. The summed E-state index contributed by atoms with van der Waals surface area (Å²) in [7, 11) is 0. The third-order valence-electron chi connectivity index (χ3n) is 5.55. The summed E-state index contributed by atoms with van der Waals surface area (Å²) in [6, 6.07) is 18.7. The summed E-state index contributed by atoms with van der Waals surface area (Å²) in [5.41, 5.74) is 3.11. The van der Waals surface area contributed by atoms with Crippen molar-refractivity contribution in [1.29, 1.82) is 0 Å². The van der Waals surface area contributed by atoms with Crippen molar-refractivity contribution in [2.75, 3.05) is 42.1 Å². The van der Waals surface area contributed by atoms with Crippen molar-refractivity contribution in [2.45, 2.75) is 38.0 Å². The van der Waals surface area contributed by atoms with Crippen LogP contribution in [0.3, 0.4) is 0 Å². The molecule has 0 unspecified atom stereocenters. The van der Waals surface area contributed by atoms with E-state index in [0.717, 1.165) is 38.4 Å². The molecule has 1 aliphatic rings. The highest BCUT2D eigenvalue weighted by Crippen LogP contribution is 2.23. The van der Waals surface area contributed by atoms with Crippen molar-refractivity contribution < 1.29 is 4.79 Å². The molecule has 9 heteroatoms. The fraction of sp³-hybridized carbons (Fsp3) is 0.417. The first kappa shape index (κ1) is 23.3. The molecule has 3 aromatic rings. The maximum absolute atomic E-state index is 12.4. The van der Waals surface area contributed by atoms with E-state index in [4.69, 9.17) is 0 Å². The van der Waals surface area contributed by atoms with Gasteiger partial charge in [0.05, 0.1) is 11.3 Å². The van der Waals surface area contributed by atoms with Crippen LogP contribution in [0.4, 0.5) is 11.4 Å². The minimum atomic E-state index is -0.231. The second kappa shape index (κ2) is 10.4. The molecule has 1 fully saturated rings. The number of rotatable bonds is 7. The fourth-order valence-corrected chi connectivity index (χ4v) is 4.64. The minimum absolute atomic E-state index is 0.0780. The van der Waals surface area contributed by atoms with E-state index in [-0.39, 0.29) is 17.2 Å². The van der Waals surface area contributed by atoms with Gasteiger partial charge < -0.3 is 10.2 Å². The van der Waals surface area contributed by atoms with Crippen LogP contribution in [-0.4, -0.2) is 62.9 Å². The van der Waals surface area contributed by atoms with E-state index < -0.39 is 0 Å². The molecule has 174 valence electrons. The lowest BCUT2D eigenvalue weighted by molar-refractivity contribution is -0.113. The van der Waals surface area contributed by atoms with Gasteiger partial charge in [-0.15, -0.1) is 5.10 Å². The smallest absolute Gasteiger partial charge is 0.234 e. The number of amides is 1. The predicted octanol–water partition coefficient (Wildman–Crippen LogP) is 3.48. The summed E-state index contributed by atoms with van der Waals surface area (Å²) in [5.74, 6) is 0.174. The van der Waals surface area contributed by atoms with Crippen molar-refractivity contribution in [3.05, 3.63) is 60.2 Å². The Balaban J connectivity index is 1.24. The quantitative estimate of drug-likeness (QED) is 0.535. The Labute approximate surface area is 199 Å². The molecular formula is C24H31N7OS. The number of thioether (sulfide) groups is 1. The lowest BCUT2D eigenvalue weighted by Crippen LogP contribution is -2.45. The van der Waals surface area contributed by atoms with Crippen molar-refractivity contribution in [1.82, 2.24) is 25.1 Å². The van der Waals surface area contributed by atoms with E-state index >= 15 is 0 Å². The number of hydrogen-bond donors (Lipinski definition) is 1.